The number of rotatable bonds is 6. The second-order valence-corrected chi connectivity index (χ2v) is 7.98. The van der Waals surface area contributed by atoms with Crippen LogP contribution >= 0.6 is 0 Å². The topological polar surface area (TPSA) is 125 Å². The van der Waals surface area contributed by atoms with Gasteiger partial charge < -0.3 is 20.4 Å². The van der Waals surface area contributed by atoms with E-state index in [9.17, 15) is 9.59 Å². The summed E-state index contributed by atoms with van der Waals surface area (Å²) >= 11 is 0. The summed E-state index contributed by atoms with van der Waals surface area (Å²) in [7, 11) is 2.94. The summed E-state index contributed by atoms with van der Waals surface area (Å²) < 4.78 is 4.69. The molecule has 32 heavy (non-hydrogen) atoms. The van der Waals surface area contributed by atoms with Crippen LogP contribution in [0, 0.1) is 5.92 Å². The lowest BCUT2D eigenvalue weighted by Crippen LogP contribution is -2.29. The fourth-order valence-electron chi connectivity index (χ4n) is 3.93. The molecule has 3 aromatic rings. The van der Waals surface area contributed by atoms with Gasteiger partial charge in [-0.1, -0.05) is 0 Å². The van der Waals surface area contributed by atoms with Gasteiger partial charge in [-0.3, -0.25) is 9.69 Å². The van der Waals surface area contributed by atoms with Gasteiger partial charge in [0.05, 0.1) is 25.2 Å². The highest BCUT2D eigenvalue weighted by atomic mass is 16.5. The summed E-state index contributed by atoms with van der Waals surface area (Å²) in [5, 5.41) is 7.60. The number of ether oxygens (including phenoxy) is 1. The van der Waals surface area contributed by atoms with Gasteiger partial charge in [-0.15, -0.1) is 0 Å². The molecule has 0 bridgehead atoms. The molecule has 1 aliphatic carbocycles. The summed E-state index contributed by atoms with van der Waals surface area (Å²) in [6, 6.07) is 6.03. The van der Waals surface area contributed by atoms with Crippen LogP contribution in [-0.2, 0) is 4.74 Å². The fraction of sp³-hybridized carbons (Fsp3) is 0.409. The number of pyridine rings is 2. The maximum Gasteiger partial charge on any atom is 0.413 e. The molecule has 0 unspecified atom stereocenters. The van der Waals surface area contributed by atoms with Crippen molar-refractivity contribution >= 4 is 34.4 Å². The van der Waals surface area contributed by atoms with Crippen LogP contribution in [0.1, 0.15) is 25.7 Å². The molecule has 3 aromatic heterocycles. The number of hydrogen-bond donors (Lipinski definition) is 3. The van der Waals surface area contributed by atoms with Crippen molar-refractivity contribution in [1.82, 2.24) is 19.9 Å². The summed E-state index contributed by atoms with van der Waals surface area (Å²) in [6.45, 7) is 0.794. The van der Waals surface area contributed by atoms with E-state index in [1.807, 2.05) is 18.2 Å². The minimum absolute atomic E-state index is 0.173. The highest BCUT2D eigenvalue weighted by Crippen LogP contribution is 2.27. The number of H-pyrrole nitrogens is 1. The molecule has 0 aliphatic heterocycles. The molecule has 0 atom stereocenters. The van der Waals surface area contributed by atoms with Gasteiger partial charge in [0.2, 0.25) is 5.95 Å². The van der Waals surface area contributed by atoms with E-state index in [4.69, 9.17) is 0 Å². The molecular weight excluding hydrogens is 410 g/mol. The Bertz CT molecular complexity index is 1120. The number of methoxy groups -OCH3 is 1. The summed E-state index contributed by atoms with van der Waals surface area (Å²) in [5.41, 5.74) is 0.852. The Morgan fingerprint density at radius 3 is 2.66 bits per heavy atom. The van der Waals surface area contributed by atoms with Gasteiger partial charge in [0, 0.05) is 31.2 Å². The third-order valence-electron chi connectivity index (χ3n) is 5.84. The predicted octanol–water partition coefficient (Wildman–Crippen LogP) is 3.00. The number of hydrogen-bond acceptors (Lipinski definition) is 8. The van der Waals surface area contributed by atoms with Crippen LogP contribution < -0.4 is 21.1 Å². The zero-order chi connectivity index (χ0) is 22.5. The molecule has 1 aliphatic rings. The van der Waals surface area contributed by atoms with Crippen molar-refractivity contribution in [1.29, 1.82) is 0 Å². The minimum atomic E-state index is -0.467. The van der Waals surface area contributed by atoms with E-state index >= 15 is 0 Å². The first-order chi connectivity index (χ1) is 15.5. The van der Waals surface area contributed by atoms with Crippen LogP contribution in [0.15, 0.2) is 41.6 Å². The van der Waals surface area contributed by atoms with E-state index in [0.717, 1.165) is 43.4 Å². The number of anilines is 3. The highest BCUT2D eigenvalue weighted by molar-refractivity contribution is 5.86. The molecular formula is C22H27N7O3. The third-order valence-corrected chi connectivity index (χ3v) is 5.84. The molecule has 168 valence electrons. The number of fused-ring (bicyclic) bond motifs is 1. The minimum Gasteiger partial charge on any atom is -0.452 e. The second-order valence-electron chi connectivity index (χ2n) is 7.98. The van der Waals surface area contributed by atoms with E-state index < -0.39 is 6.09 Å². The molecule has 0 aromatic carbocycles. The molecule has 3 heterocycles. The SMILES string of the molecule is COC(=O)N(C)c1cnc(NCC2CCC(Nc3ccc4cc[nH]c(=O)c4n3)CC2)nc1. The van der Waals surface area contributed by atoms with Gasteiger partial charge in [0.1, 0.15) is 11.3 Å². The highest BCUT2D eigenvalue weighted by Gasteiger charge is 2.22. The molecule has 0 spiro atoms. The number of carbonyl (C=O) groups excluding carboxylic acids is 1. The molecule has 0 saturated heterocycles. The van der Waals surface area contributed by atoms with E-state index in [2.05, 4.69) is 35.3 Å². The number of nitrogens with one attached hydrogen (secondary N) is 3. The molecule has 1 saturated carbocycles. The average Bonchev–Trinajstić information content (AvgIpc) is 2.83. The van der Waals surface area contributed by atoms with E-state index in [0.29, 0.717) is 29.1 Å². The number of carbonyl (C=O) groups is 1. The molecule has 10 nitrogen and oxygen atoms in total. The number of aromatic nitrogens is 4. The van der Waals surface area contributed by atoms with Gasteiger partial charge in [-0.25, -0.2) is 19.7 Å². The van der Waals surface area contributed by atoms with Crippen LogP contribution in [0.5, 0.6) is 0 Å². The first kappa shape index (κ1) is 21.5. The normalized spacial score (nSPS) is 18.2. The first-order valence-corrected chi connectivity index (χ1v) is 10.7. The Morgan fingerprint density at radius 1 is 1.19 bits per heavy atom. The summed E-state index contributed by atoms with van der Waals surface area (Å²) in [5.74, 6) is 1.81. The second kappa shape index (κ2) is 9.63. The maximum atomic E-state index is 12.0. The van der Waals surface area contributed by atoms with Crippen molar-refractivity contribution in [2.75, 3.05) is 36.2 Å². The van der Waals surface area contributed by atoms with Crippen molar-refractivity contribution < 1.29 is 9.53 Å². The Morgan fingerprint density at radius 2 is 1.94 bits per heavy atom. The molecule has 4 rings (SSSR count). The van der Waals surface area contributed by atoms with Crippen molar-refractivity contribution in [3.05, 3.63) is 47.1 Å². The fourth-order valence-corrected chi connectivity index (χ4v) is 3.93. The lowest BCUT2D eigenvalue weighted by Gasteiger charge is -2.29. The zero-order valence-electron chi connectivity index (χ0n) is 18.2. The summed E-state index contributed by atoms with van der Waals surface area (Å²) in [6.07, 6.45) is 8.55. The summed E-state index contributed by atoms with van der Waals surface area (Å²) in [4.78, 5) is 40.6. The zero-order valence-corrected chi connectivity index (χ0v) is 18.2. The predicted molar refractivity (Wildman–Crippen MR) is 123 cm³/mol. The Labute approximate surface area is 185 Å². The van der Waals surface area contributed by atoms with Crippen LogP contribution in [0.3, 0.4) is 0 Å². The first-order valence-electron chi connectivity index (χ1n) is 10.7. The lowest BCUT2D eigenvalue weighted by atomic mass is 9.86. The lowest BCUT2D eigenvalue weighted by molar-refractivity contribution is 0.180. The van der Waals surface area contributed by atoms with Crippen LogP contribution in [0.4, 0.5) is 22.2 Å². The number of aromatic amines is 1. The van der Waals surface area contributed by atoms with Crippen molar-refractivity contribution in [3.8, 4) is 0 Å². The van der Waals surface area contributed by atoms with Crippen molar-refractivity contribution in [3.63, 3.8) is 0 Å². The molecule has 1 amide bonds. The van der Waals surface area contributed by atoms with E-state index in [1.54, 1.807) is 25.6 Å². The van der Waals surface area contributed by atoms with Gasteiger partial charge >= 0.3 is 6.09 Å². The number of nitrogens with zero attached hydrogens (tertiary/aromatic N) is 4. The Hall–Kier alpha value is -3.69. The van der Waals surface area contributed by atoms with Crippen LogP contribution in [0.25, 0.3) is 10.9 Å². The van der Waals surface area contributed by atoms with Gasteiger partial charge in [0.15, 0.2) is 0 Å². The third kappa shape index (κ3) is 4.96. The van der Waals surface area contributed by atoms with Crippen molar-refractivity contribution in [2.45, 2.75) is 31.7 Å². The van der Waals surface area contributed by atoms with Crippen LogP contribution in [0.2, 0.25) is 0 Å². The molecule has 10 heteroatoms. The standard InChI is InChI=1S/C22H27N7O3/c1-29(22(31)32-2)17-12-25-21(26-13-17)24-11-14-3-6-16(7-4-14)27-18-8-5-15-9-10-23-20(30)19(15)28-18/h5,8-10,12-14,16H,3-4,6-7,11H2,1-2H3,(H,23,30)(H,27,28)(H,24,25,26). The Kier molecular flexibility index (Phi) is 6.48. The molecule has 1 fully saturated rings. The van der Waals surface area contributed by atoms with Gasteiger partial charge in [0.25, 0.3) is 5.56 Å². The number of amides is 1. The smallest absolute Gasteiger partial charge is 0.413 e. The Balaban J connectivity index is 1.25. The van der Waals surface area contributed by atoms with E-state index in [-0.39, 0.29) is 5.56 Å². The van der Waals surface area contributed by atoms with Gasteiger partial charge in [-0.2, -0.15) is 0 Å². The van der Waals surface area contributed by atoms with Crippen molar-refractivity contribution in [2.24, 2.45) is 5.92 Å². The van der Waals surface area contributed by atoms with Crippen LogP contribution in [-0.4, -0.2) is 52.8 Å². The van der Waals surface area contributed by atoms with E-state index in [1.165, 1.54) is 12.0 Å². The molecule has 3 N–H and O–H groups in total. The largest absolute Gasteiger partial charge is 0.452 e. The molecule has 0 radical (unpaired) electrons. The van der Waals surface area contributed by atoms with Gasteiger partial charge in [-0.05, 0) is 49.8 Å². The average molecular weight is 438 g/mol. The quantitative estimate of drug-likeness (QED) is 0.537. The maximum absolute atomic E-state index is 12.0. The monoisotopic (exact) mass is 437 g/mol.